The first-order valence-corrected chi connectivity index (χ1v) is 15.5. The number of benzene rings is 3. The standard InChI is InChI=1S/C40H31N5.Pt/c1-39(2)27-14-8-10-24-20-22-41-37(33(24)27)35-29(39)16-18-31(43-35)45(26-12-6-5-7-13-26)32-19-17-30-36(44-32)38-34-25(21-23-42-38)11-9-15-28(34)40(30,3)4;/h5-23H,1-4H3;. The molecule has 0 bridgehead atoms. The fraction of sp³-hybridized carbons (Fsp3) is 0.150. The Labute approximate surface area is 282 Å². The summed E-state index contributed by atoms with van der Waals surface area (Å²) in [6.07, 6.45) is 3.79. The molecule has 7 aromatic rings. The van der Waals surface area contributed by atoms with Gasteiger partial charge in [-0.05, 0) is 69.4 Å². The predicted octanol–water partition coefficient (Wildman–Crippen LogP) is 9.65. The molecule has 0 aliphatic heterocycles. The molecule has 2 aliphatic carbocycles. The third-order valence-corrected chi connectivity index (χ3v) is 9.96. The molecule has 0 unspecified atom stereocenters. The SMILES string of the molecule is CC1(C)c2ccc(N(c3ccccc3)c3ccc4c(n3)-c3nccc5cccc(c35)C4(C)C)nc2-c2nccc3cccc1c23.[Pt]. The molecule has 4 heterocycles. The maximum absolute atomic E-state index is 5.41. The smallest absolute Gasteiger partial charge is 0.139 e. The number of rotatable bonds is 3. The minimum atomic E-state index is -0.221. The molecule has 2 aliphatic rings. The Kier molecular flexibility index (Phi) is 6.33. The largest absolute Gasteiger partial charge is 0.279 e. The fourth-order valence-corrected chi connectivity index (χ4v) is 7.63. The first-order chi connectivity index (χ1) is 21.8. The number of aromatic nitrogens is 4. The average molecular weight is 777 g/mol. The second-order valence-electron chi connectivity index (χ2n) is 13.2. The third-order valence-electron chi connectivity index (χ3n) is 9.96. The summed E-state index contributed by atoms with van der Waals surface area (Å²) in [5, 5.41) is 4.73. The van der Waals surface area contributed by atoms with Gasteiger partial charge in [0.2, 0.25) is 0 Å². The van der Waals surface area contributed by atoms with Crippen LogP contribution in [0.2, 0.25) is 0 Å². The van der Waals surface area contributed by atoms with E-state index in [4.69, 9.17) is 19.9 Å². The van der Waals surface area contributed by atoms with Crippen molar-refractivity contribution >= 4 is 38.9 Å². The van der Waals surface area contributed by atoms with E-state index in [0.29, 0.717) is 0 Å². The van der Waals surface area contributed by atoms with Crippen molar-refractivity contribution in [2.45, 2.75) is 38.5 Å². The van der Waals surface area contributed by atoms with Crippen molar-refractivity contribution in [3.8, 4) is 22.8 Å². The van der Waals surface area contributed by atoms with Crippen molar-refractivity contribution in [2.24, 2.45) is 0 Å². The summed E-state index contributed by atoms with van der Waals surface area (Å²) in [6, 6.07) is 36.3. The number of nitrogens with zero attached hydrogens (tertiary/aromatic N) is 5. The van der Waals surface area contributed by atoms with Gasteiger partial charge in [0.25, 0.3) is 0 Å². The van der Waals surface area contributed by atoms with Crippen LogP contribution in [-0.4, -0.2) is 19.9 Å². The zero-order valence-electron chi connectivity index (χ0n) is 26.0. The van der Waals surface area contributed by atoms with Crippen molar-refractivity contribution in [3.05, 3.63) is 138 Å². The van der Waals surface area contributed by atoms with Crippen molar-refractivity contribution in [2.75, 3.05) is 4.90 Å². The molecule has 0 amide bonds. The number of pyridine rings is 4. The van der Waals surface area contributed by atoms with Crippen LogP contribution >= 0.6 is 0 Å². The molecule has 0 spiro atoms. The van der Waals surface area contributed by atoms with Gasteiger partial charge in [0.05, 0.1) is 22.8 Å². The molecule has 9 rings (SSSR count). The van der Waals surface area contributed by atoms with Gasteiger partial charge in [0.1, 0.15) is 11.6 Å². The Bertz CT molecular complexity index is 2190. The van der Waals surface area contributed by atoms with Gasteiger partial charge >= 0.3 is 0 Å². The van der Waals surface area contributed by atoms with Crippen LogP contribution in [0.15, 0.2) is 116 Å². The number of hydrogen-bond acceptors (Lipinski definition) is 5. The number of fused-ring (bicyclic) bond motifs is 4. The monoisotopic (exact) mass is 776 g/mol. The second kappa shape index (κ2) is 10.1. The van der Waals surface area contributed by atoms with Crippen LogP contribution in [0.3, 0.4) is 0 Å². The maximum Gasteiger partial charge on any atom is 0.139 e. The second-order valence-corrected chi connectivity index (χ2v) is 13.2. The van der Waals surface area contributed by atoms with Gasteiger partial charge in [-0.25, -0.2) is 9.97 Å². The van der Waals surface area contributed by atoms with E-state index in [2.05, 4.69) is 130 Å². The van der Waals surface area contributed by atoms with Gasteiger partial charge in [-0.15, -0.1) is 0 Å². The molecule has 226 valence electrons. The predicted molar refractivity (Wildman–Crippen MR) is 182 cm³/mol. The van der Waals surface area contributed by atoms with Gasteiger partial charge in [0.15, 0.2) is 0 Å². The van der Waals surface area contributed by atoms with Crippen LogP contribution in [0.5, 0.6) is 0 Å². The molecule has 6 heteroatoms. The molecule has 0 saturated carbocycles. The van der Waals surface area contributed by atoms with Crippen LogP contribution in [0.25, 0.3) is 44.3 Å². The molecule has 5 nitrogen and oxygen atoms in total. The molecular weight excluding hydrogens is 746 g/mol. The van der Waals surface area contributed by atoms with E-state index in [-0.39, 0.29) is 31.9 Å². The number of para-hydroxylation sites is 1. The molecule has 4 aromatic heterocycles. The zero-order chi connectivity index (χ0) is 30.5. The van der Waals surface area contributed by atoms with Crippen LogP contribution in [0.4, 0.5) is 17.3 Å². The number of anilines is 3. The minimum absolute atomic E-state index is 0. The van der Waals surface area contributed by atoms with Crippen molar-refractivity contribution < 1.29 is 21.1 Å². The average Bonchev–Trinajstić information content (AvgIpc) is 3.06. The molecule has 0 saturated heterocycles. The number of hydrogen-bond donors (Lipinski definition) is 0. The van der Waals surface area contributed by atoms with Crippen LogP contribution in [0.1, 0.15) is 49.9 Å². The van der Waals surface area contributed by atoms with E-state index in [9.17, 15) is 0 Å². The molecule has 3 aromatic carbocycles. The summed E-state index contributed by atoms with van der Waals surface area (Å²) in [5.74, 6) is 1.59. The van der Waals surface area contributed by atoms with E-state index in [1.165, 1.54) is 43.8 Å². The first kappa shape index (κ1) is 28.7. The summed E-state index contributed by atoms with van der Waals surface area (Å²) >= 11 is 0. The van der Waals surface area contributed by atoms with E-state index in [1.54, 1.807) is 0 Å². The molecule has 0 N–H and O–H groups in total. The summed E-state index contributed by atoms with van der Waals surface area (Å²) < 4.78 is 0. The Hall–Kier alpha value is -4.73. The van der Waals surface area contributed by atoms with Gasteiger partial charge in [-0.3, -0.25) is 14.9 Å². The van der Waals surface area contributed by atoms with Crippen molar-refractivity contribution in [3.63, 3.8) is 0 Å². The molecule has 0 radical (unpaired) electrons. The summed E-state index contributed by atoms with van der Waals surface area (Å²) in [6.45, 7) is 9.13. The molecule has 0 fully saturated rings. The van der Waals surface area contributed by atoms with Crippen LogP contribution in [-0.2, 0) is 31.9 Å². The maximum atomic E-state index is 5.41. The molecular formula is C40H31N5Pt. The minimum Gasteiger partial charge on any atom is -0.279 e. The van der Waals surface area contributed by atoms with E-state index in [1.807, 2.05) is 18.5 Å². The summed E-state index contributed by atoms with van der Waals surface area (Å²) in [4.78, 5) is 22.8. The zero-order valence-corrected chi connectivity index (χ0v) is 28.3. The van der Waals surface area contributed by atoms with Gasteiger partial charge < -0.3 is 0 Å². The van der Waals surface area contributed by atoms with Gasteiger partial charge in [-0.2, -0.15) is 0 Å². The molecule has 0 atom stereocenters. The Morgan fingerprint density at radius 2 is 0.935 bits per heavy atom. The van der Waals surface area contributed by atoms with Gasteiger partial charge in [0, 0.05) is 60.7 Å². The quantitative estimate of drug-likeness (QED) is 0.179. The van der Waals surface area contributed by atoms with Crippen molar-refractivity contribution in [1.29, 1.82) is 0 Å². The normalized spacial score (nSPS) is 14.7. The van der Waals surface area contributed by atoms with Gasteiger partial charge in [-0.1, -0.05) is 94.4 Å². The Balaban J connectivity index is 0.00000312. The summed E-state index contributed by atoms with van der Waals surface area (Å²) in [5.41, 5.74) is 9.15. The summed E-state index contributed by atoms with van der Waals surface area (Å²) in [7, 11) is 0. The third kappa shape index (κ3) is 3.91. The van der Waals surface area contributed by atoms with Crippen LogP contribution in [0, 0.1) is 0 Å². The fourth-order valence-electron chi connectivity index (χ4n) is 7.63. The topological polar surface area (TPSA) is 54.8 Å². The van der Waals surface area contributed by atoms with E-state index < -0.39 is 0 Å². The molecule has 46 heavy (non-hydrogen) atoms. The van der Waals surface area contributed by atoms with Crippen molar-refractivity contribution in [1.82, 2.24) is 19.9 Å². The first-order valence-electron chi connectivity index (χ1n) is 15.5. The Morgan fingerprint density at radius 1 is 0.457 bits per heavy atom. The van der Waals surface area contributed by atoms with Crippen LogP contribution < -0.4 is 4.90 Å². The van der Waals surface area contributed by atoms with E-state index >= 15 is 0 Å². The Morgan fingerprint density at radius 3 is 1.41 bits per heavy atom. The van der Waals surface area contributed by atoms with E-state index in [0.717, 1.165) is 40.1 Å².